The second-order valence-corrected chi connectivity index (χ2v) is 7.05. The lowest BCUT2D eigenvalue weighted by Gasteiger charge is -2.36. The zero-order valence-electron chi connectivity index (χ0n) is 14.3. The van der Waals surface area contributed by atoms with Crippen LogP contribution in [0.5, 0.6) is 0 Å². The van der Waals surface area contributed by atoms with Crippen LogP contribution in [0.25, 0.3) is 0 Å². The Bertz CT molecular complexity index is 596. The van der Waals surface area contributed by atoms with E-state index in [4.69, 9.17) is 0 Å². The van der Waals surface area contributed by atoms with Gasteiger partial charge in [0.15, 0.2) is 0 Å². The van der Waals surface area contributed by atoms with Crippen LogP contribution in [-0.4, -0.2) is 41.2 Å². The number of hydrogen-bond donors (Lipinski definition) is 0. The Labute approximate surface area is 138 Å². The van der Waals surface area contributed by atoms with Crippen molar-refractivity contribution in [3.05, 3.63) is 35.4 Å². The summed E-state index contributed by atoms with van der Waals surface area (Å²) in [4.78, 5) is 29.1. The number of rotatable bonds is 2. The third-order valence-corrected chi connectivity index (χ3v) is 5.41. The molecule has 0 aromatic heterocycles. The van der Waals surface area contributed by atoms with Gasteiger partial charge in [0.05, 0.1) is 12.0 Å². The van der Waals surface area contributed by atoms with Crippen molar-refractivity contribution in [1.29, 1.82) is 0 Å². The Kier molecular flexibility index (Phi) is 4.42. The number of hydrogen-bond acceptors (Lipinski definition) is 2. The highest BCUT2D eigenvalue weighted by atomic mass is 16.2. The van der Waals surface area contributed by atoms with Crippen LogP contribution in [0.4, 0.5) is 0 Å². The van der Waals surface area contributed by atoms with Crippen molar-refractivity contribution in [3.63, 3.8) is 0 Å². The van der Waals surface area contributed by atoms with E-state index in [1.165, 1.54) is 12.0 Å². The number of likely N-dealkylation sites (tertiary alicyclic amines) is 2. The van der Waals surface area contributed by atoms with Gasteiger partial charge in [0.1, 0.15) is 0 Å². The molecule has 124 valence electrons. The number of carbonyl (C=O) groups excluding carboxylic acids is 2. The van der Waals surface area contributed by atoms with Gasteiger partial charge >= 0.3 is 0 Å². The fourth-order valence-electron chi connectivity index (χ4n) is 3.95. The molecule has 0 unspecified atom stereocenters. The van der Waals surface area contributed by atoms with Gasteiger partial charge in [-0.1, -0.05) is 29.8 Å². The summed E-state index contributed by atoms with van der Waals surface area (Å²) in [6.07, 6.45) is 3.66. The predicted molar refractivity (Wildman–Crippen MR) is 89.8 cm³/mol. The number of carbonyl (C=O) groups is 2. The first-order chi connectivity index (χ1) is 11.0. The SMILES string of the molecule is Cc1ccc([C@@H]2[C@@H](C(=O)N3CCCC[C@@H]3C)CC(=O)N2C)cc1. The number of amides is 2. The molecule has 2 amide bonds. The Morgan fingerprint density at radius 1 is 1.17 bits per heavy atom. The van der Waals surface area contributed by atoms with E-state index < -0.39 is 0 Å². The van der Waals surface area contributed by atoms with E-state index in [2.05, 4.69) is 31.2 Å². The van der Waals surface area contributed by atoms with Crippen molar-refractivity contribution in [2.75, 3.05) is 13.6 Å². The van der Waals surface area contributed by atoms with E-state index >= 15 is 0 Å². The maximum atomic E-state index is 13.1. The van der Waals surface area contributed by atoms with E-state index in [1.807, 2.05) is 18.9 Å². The maximum absolute atomic E-state index is 13.1. The molecule has 23 heavy (non-hydrogen) atoms. The summed E-state index contributed by atoms with van der Waals surface area (Å²) in [5.41, 5.74) is 2.25. The zero-order chi connectivity index (χ0) is 16.6. The molecule has 0 bridgehead atoms. The number of piperidine rings is 1. The Balaban J connectivity index is 1.88. The zero-order valence-corrected chi connectivity index (χ0v) is 14.3. The molecular weight excluding hydrogens is 288 g/mol. The average Bonchev–Trinajstić information content (AvgIpc) is 2.84. The third-order valence-electron chi connectivity index (χ3n) is 5.41. The van der Waals surface area contributed by atoms with Gasteiger partial charge in [0, 0.05) is 26.1 Å². The number of benzene rings is 1. The van der Waals surface area contributed by atoms with E-state index in [9.17, 15) is 9.59 Å². The lowest BCUT2D eigenvalue weighted by atomic mass is 9.90. The molecule has 2 fully saturated rings. The molecule has 0 spiro atoms. The van der Waals surface area contributed by atoms with Crippen LogP contribution in [0.2, 0.25) is 0 Å². The van der Waals surface area contributed by atoms with E-state index in [1.54, 1.807) is 4.90 Å². The molecule has 0 aliphatic carbocycles. The van der Waals surface area contributed by atoms with Gasteiger partial charge in [-0.25, -0.2) is 0 Å². The van der Waals surface area contributed by atoms with Crippen LogP contribution in [0.3, 0.4) is 0 Å². The average molecular weight is 314 g/mol. The van der Waals surface area contributed by atoms with Gasteiger partial charge in [0.2, 0.25) is 11.8 Å². The molecule has 2 heterocycles. The molecule has 4 heteroatoms. The first kappa shape index (κ1) is 16.0. The van der Waals surface area contributed by atoms with Crippen molar-refractivity contribution in [3.8, 4) is 0 Å². The van der Waals surface area contributed by atoms with Crippen molar-refractivity contribution in [2.24, 2.45) is 5.92 Å². The highest BCUT2D eigenvalue weighted by Crippen LogP contribution is 2.39. The molecule has 1 aromatic carbocycles. The molecule has 0 saturated carbocycles. The van der Waals surface area contributed by atoms with Crippen molar-refractivity contribution in [1.82, 2.24) is 9.80 Å². The summed E-state index contributed by atoms with van der Waals surface area (Å²) < 4.78 is 0. The molecule has 3 rings (SSSR count). The highest BCUT2D eigenvalue weighted by molar-refractivity contribution is 5.90. The molecule has 0 radical (unpaired) electrons. The van der Waals surface area contributed by atoms with E-state index in [0.29, 0.717) is 6.42 Å². The van der Waals surface area contributed by atoms with Gasteiger partial charge in [-0.2, -0.15) is 0 Å². The van der Waals surface area contributed by atoms with Crippen LogP contribution in [0.15, 0.2) is 24.3 Å². The quantitative estimate of drug-likeness (QED) is 0.842. The molecule has 3 atom stereocenters. The molecule has 2 aliphatic rings. The van der Waals surface area contributed by atoms with Crippen molar-refractivity contribution < 1.29 is 9.59 Å². The highest BCUT2D eigenvalue weighted by Gasteiger charge is 2.45. The second kappa shape index (κ2) is 6.34. The molecule has 2 saturated heterocycles. The monoisotopic (exact) mass is 314 g/mol. The lowest BCUT2D eigenvalue weighted by molar-refractivity contribution is -0.139. The van der Waals surface area contributed by atoms with Crippen LogP contribution < -0.4 is 0 Å². The van der Waals surface area contributed by atoms with Crippen LogP contribution in [0, 0.1) is 12.8 Å². The Morgan fingerprint density at radius 3 is 2.52 bits per heavy atom. The first-order valence-electron chi connectivity index (χ1n) is 8.61. The van der Waals surface area contributed by atoms with Gasteiger partial charge < -0.3 is 9.80 Å². The maximum Gasteiger partial charge on any atom is 0.228 e. The van der Waals surface area contributed by atoms with Crippen LogP contribution in [0.1, 0.15) is 49.8 Å². The number of nitrogens with zero attached hydrogens (tertiary/aromatic N) is 2. The standard InChI is InChI=1S/C19H26N2O2/c1-13-7-9-15(10-8-13)18-16(12-17(22)20(18)3)19(23)21-11-5-4-6-14(21)2/h7-10,14,16,18H,4-6,11-12H2,1-3H3/t14-,16-,18+/m0/s1. The van der Waals surface area contributed by atoms with E-state index in [0.717, 1.165) is 24.9 Å². The fraction of sp³-hybridized carbons (Fsp3) is 0.579. The minimum atomic E-state index is -0.254. The second-order valence-electron chi connectivity index (χ2n) is 7.05. The van der Waals surface area contributed by atoms with Crippen molar-refractivity contribution >= 4 is 11.8 Å². The lowest BCUT2D eigenvalue weighted by Crippen LogP contribution is -2.46. The summed E-state index contributed by atoms with van der Waals surface area (Å²) in [5.74, 6) is -0.0326. The summed E-state index contributed by atoms with van der Waals surface area (Å²) in [7, 11) is 1.82. The molecule has 2 aliphatic heterocycles. The first-order valence-corrected chi connectivity index (χ1v) is 8.61. The minimum Gasteiger partial charge on any atom is -0.340 e. The molecule has 0 N–H and O–H groups in total. The fourth-order valence-corrected chi connectivity index (χ4v) is 3.95. The normalized spacial score (nSPS) is 28.3. The molecule has 1 aromatic rings. The summed E-state index contributed by atoms with van der Waals surface area (Å²) in [6.45, 7) is 5.00. The molecule has 4 nitrogen and oxygen atoms in total. The minimum absolute atomic E-state index is 0.0681. The summed E-state index contributed by atoms with van der Waals surface area (Å²) in [5, 5.41) is 0. The summed E-state index contributed by atoms with van der Waals surface area (Å²) >= 11 is 0. The third kappa shape index (κ3) is 2.99. The topological polar surface area (TPSA) is 40.6 Å². The molecular formula is C19H26N2O2. The van der Waals surface area contributed by atoms with Gasteiger partial charge in [-0.3, -0.25) is 9.59 Å². The Morgan fingerprint density at radius 2 is 1.87 bits per heavy atom. The van der Waals surface area contributed by atoms with E-state index in [-0.39, 0.29) is 29.8 Å². The van der Waals surface area contributed by atoms with Crippen LogP contribution in [-0.2, 0) is 9.59 Å². The van der Waals surface area contributed by atoms with Crippen LogP contribution >= 0.6 is 0 Å². The largest absolute Gasteiger partial charge is 0.340 e. The predicted octanol–water partition coefficient (Wildman–Crippen LogP) is 2.92. The Hall–Kier alpha value is -1.84. The van der Waals surface area contributed by atoms with Gasteiger partial charge in [-0.05, 0) is 38.7 Å². The smallest absolute Gasteiger partial charge is 0.228 e. The van der Waals surface area contributed by atoms with Gasteiger partial charge in [0.25, 0.3) is 0 Å². The van der Waals surface area contributed by atoms with Gasteiger partial charge in [-0.15, -0.1) is 0 Å². The summed E-state index contributed by atoms with van der Waals surface area (Å²) in [6, 6.07) is 8.36. The van der Waals surface area contributed by atoms with Crippen molar-refractivity contribution in [2.45, 2.75) is 51.6 Å². The number of aryl methyl sites for hydroxylation is 1.